The number of aliphatic imine (C=N–C) groups is 1. The van der Waals surface area contributed by atoms with E-state index in [-0.39, 0.29) is 24.0 Å². The number of guanidine groups is 1. The second-order valence-corrected chi connectivity index (χ2v) is 6.51. The third kappa shape index (κ3) is 5.80. The summed E-state index contributed by atoms with van der Waals surface area (Å²) in [7, 11) is 0. The van der Waals surface area contributed by atoms with Gasteiger partial charge in [-0.15, -0.1) is 24.0 Å². The molecule has 1 atom stereocenters. The normalized spacial score (nSPS) is 12.3. The number of nitrogens with zero attached hydrogens (tertiary/aromatic N) is 2. The van der Waals surface area contributed by atoms with Crippen LogP contribution in [0.3, 0.4) is 0 Å². The summed E-state index contributed by atoms with van der Waals surface area (Å²) in [5.74, 6) is 0.643. The van der Waals surface area contributed by atoms with Gasteiger partial charge in [-0.05, 0) is 30.7 Å². The monoisotopic (exact) mass is 510 g/mol. The molecule has 28 heavy (non-hydrogen) atoms. The van der Waals surface area contributed by atoms with Crippen LogP contribution >= 0.6 is 35.6 Å². The van der Waals surface area contributed by atoms with Crippen molar-refractivity contribution in [3.63, 3.8) is 0 Å². The molecule has 0 aliphatic heterocycles. The van der Waals surface area contributed by atoms with E-state index in [0.29, 0.717) is 29.6 Å². The lowest BCUT2D eigenvalue weighted by atomic mass is 10.1. The van der Waals surface area contributed by atoms with Crippen molar-refractivity contribution < 1.29 is 5.11 Å². The fourth-order valence-electron chi connectivity index (χ4n) is 2.85. The Morgan fingerprint density at radius 2 is 1.86 bits per heavy atom. The van der Waals surface area contributed by atoms with Crippen molar-refractivity contribution in [1.82, 2.24) is 15.6 Å². The number of halogens is 2. The SMILES string of the molecule is CCNC(=NCc1ccnc2ccccc12)NCC(O)c1ccccc1Cl.I. The zero-order valence-electron chi connectivity index (χ0n) is 15.6. The Morgan fingerprint density at radius 1 is 1.11 bits per heavy atom. The number of aromatic nitrogens is 1. The summed E-state index contributed by atoms with van der Waals surface area (Å²) in [5.41, 5.74) is 2.75. The zero-order valence-corrected chi connectivity index (χ0v) is 18.7. The van der Waals surface area contributed by atoms with Gasteiger partial charge in [0.25, 0.3) is 0 Å². The van der Waals surface area contributed by atoms with E-state index in [1.807, 2.05) is 49.4 Å². The smallest absolute Gasteiger partial charge is 0.191 e. The van der Waals surface area contributed by atoms with E-state index in [2.05, 4.69) is 26.7 Å². The van der Waals surface area contributed by atoms with Crippen LogP contribution in [0, 0.1) is 0 Å². The first kappa shape index (κ1) is 22.4. The molecule has 2 aromatic carbocycles. The first-order chi connectivity index (χ1) is 13.2. The summed E-state index contributed by atoms with van der Waals surface area (Å²) in [4.78, 5) is 9.03. The molecule has 3 rings (SSSR count). The van der Waals surface area contributed by atoms with Crippen molar-refractivity contribution in [3.8, 4) is 0 Å². The van der Waals surface area contributed by atoms with Gasteiger partial charge in [-0.3, -0.25) is 4.98 Å². The first-order valence-electron chi connectivity index (χ1n) is 8.96. The maximum absolute atomic E-state index is 10.4. The molecular formula is C21H24ClIN4O. The van der Waals surface area contributed by atoms with E-state index < -0.39 is 6.10 Å². The van der Waals surface area contributed by atoms with Crippen LogP contribution in [-0.4, -0.2) is 29.1 Å². The van der Waals surface area contributed by atoms with Crippen LogP contribution in [0.25, 0.3) is 10.9 Å². The minimum Gasteiger partial charge on any atom is -0.387 e. The van der Waals surface area contributed by atoms with Gasteiger partial charge in [-0.1, -0.05) is 48.0 Å². The van der Waals surface area contributed by atoms with Crippen LogP contribution in [0.15, 0.2) is 65.8 Å². The molecule has 7 heteroatoms. The molecule has 3 aromatic rings. The molecule has 0 aliphatic rings. The van der Waals surface area contributed by atoms with Gasteiger partial charge in [-0.25, -0.2) is 4.99 Å². The zero-order chi connectivity index (χ0) is 19.1. The predicted octanol–water partition coefficient (Wildman–Crippen LogP) is 4.29. The van der Waals surface area contributed by atoms with Crippen molar-refractivity contribution >= 4 is 52.4 Å². The molecule has 1 aromatic heterocycles. The van der Waals surface area contributed by atoms with E-state index >= 15 is 0 Å². The van der Waals surface area contributed by atoms with Crippen LogP contribution in [0.5, 0.6) is 0 Å². The number of aliphatic hydroxyl groups is 1. The van der Waals surface area contributed by atoms with Crippen molar-refractivity contribution in [2.75, 3.05) is 13.1 Å². The number of benzene rings is 2. The van der Waals surface area contributed by atoms with Gasteiger partial charge in [0, 0.05) is 35.3 Å². The first-order valence-corrected chi connectivity index (χ1v) is 9.34. The quantitative estimate of drug-likeness (QED) is 0.263. The van der Waals surface area contributed by atoms with E-state index in [1.165, 1.54) is 0 Å². The Labute approximate surface area is 187 Å². The molecule has 1 unspecified atom stereocenters. The lowest BCUT2D eigenvalue weighted by Gasteiger charge is -2.16. The minimum absolute atomic E-state index is 0. The van der Waals surface area contributed by atoms with Gasteiger partial charge in [0.15, 0.2) is 5.96 Å². The van der Waals surface area contributed by atoms with Crippen molar-refractivity contribution in [2.24, 2.45) is 4.99 Å². The number of rotatable bonds is 6. The molecule has 0 saturated heterocycles. The molecule has 3 N–H and O–H groups in total. The fourth-order valence-corrected chi connectivity index (χ4v) is 3.11. The number of nitrogens with one attached hydrogen (secondary N) is 2. The van der Waals surface area contributed by atoms with Gasteiger partial charge < -0.3 is 15.7 Å². The molecule has 1 heterocycles. The van der Waals surface area contributed by atoms with Gasteiger partial charge in [-0.2, -0.15) is 0 Å². The largest absolute Gasteiger partial charge is 0.387 e. The Balaban J connectivity index is 0.00000280. The lowest BCUT2D eigenvalue weighted by molar-refractivity contribution is 0.181. The van der Waals surface area contributed by atoms with Gasteiger partial charge in [0.2, 0.25) is 0 Å². The van der Waals surface area contributed by atoms with Gasteiger partial charge >= 0.3 is 0 Å². The Kier molecular flexibility index (Phi) is 8.95. The topological polar surface area (TPSA) is 69.5 Å². The molecule has 5 nitrogen and oxygen atoms in total. The van der Waals surface area contributed by atoms with Crippen LogP contribution in [0.1, 0.15) is 24.2 Å². The average molecular weight is 511 g/mol. The molecule has 0 saturated carbocycles. The molecule has 0 spiro atoms. The predicted molar refractivity (Wildman–Crippen MR) is 126 cm³/mol. The highest BCUT2D eigenvalue weighted by atomic mass is 127. The highest BCUT2D eigenvalue weighted by molar-refractivity contribution is 14.0. The summed E-state index contributed by atoms with van der Waals surface area (Å²) >= 11 is 6.15. The second-order valence-electron chi connectivity index (χ2n) is 6.10. The van der Waals surface area contributed by atoms with E-state index in [4.69, 9.17) is 11.6 Å². The number of fused-ring (bicyclic) bond motifs is 1. The summed E-state index contributed by atoms with van der Waals surface area (Å²) < 4.78 is 0. The Bertz CT molecular complexity index is 930. The maximum atomic E-state index is 10.4. The van der Waals surface area contributed by atoms with Crippen LogP contribution in [0.2, 0.25) is 5.02 Å². The molecule has 0 amide bonds. The number of para-hydroxylation sites is 1. The van der Waals surface area contributed by atoms with Gasteiger partial charge in [0.1, 0.15) is 0 Å². The third-order valence-electron chi connectivity index (χ3n) is 4.22. The molecule has 0 aliphatic carbocycles. The van der Waals surface area contributed by atoms with Crippen LogP contribution < -0.4 is 10.6 Å². The van der Waals surface area contributed by atoms with E-state index in [9.17, 15) is 5.11 Å². The molecule has 148 valence electrons. The highest BCUT2D eigenvalue weighted by Gasteiger charge is 2.11. The maximum Gasteiger partial charge on any atom is 0.191 e. The summed E-state index contributed by atoms with van der Waals surface area (Å²) in [6, 6.07) is 17.3. The minimum atomic E-state index is -0.718. The second kappa shape index (κ2) is 11.2. The number of pyridine rings is 1. The number of hydrogen-bond acceptors (Lipinski definition) is 3. The summed E-state index contributed by atoms with van der Waals surface area (Å²) in [6.45, 7) is 3.56. The Morgan fingerprint density at radius 3 is 2.64 bits per heavy atom. The molecular weight excluding hydrogens is 487 g/mol. The van der Waals surface area contributed by atoms with Crippen molar-refractivity contribution in [2.45, 2.75) is 19.6 Å². The van der Waals surface area contributed by atoms with Crippen LogP contribution in [-0.2, 0) is 6.54 Å². The molecule has 0 fully saturated rings. The van der Waals surface area contributed by atoms with Crippen molar-refractivity contribution in [3.05, 3.63) is 76.9 Å². The van der Waals surface area contributed by atoms with E-state index in [0.717, 1.165) is 23.0 Å². The van der Waals surface area contributed by atoms with Gasteiger partial charge in [0.05, 0.1) is 18.2 Å². The summed E-state index contributed by atoms with van der Waals surface area (Å²) in [5, 5.41) is 18.4. The lowest BCUT2D eigenvalue weighted by Crippen LogP contribution is -2.39. The fraction of sp³-hybridized carbons (Fsp3) is 0.238. The van der Waals surface area contributed by atoms with Crippen LogP contribution in [0.4, 0.5) is 0 Å². The Hall–Kier alpha value is -1.90. The van der Waals surface area contributed by atoms with E-state index in [1.54, 1.807) is 12.3 Å². The summed E-state index contributed by atoms with van der Waals surface area (Å²) in [6.07, 6.45) is 1.08. The highest BCUT2D eigenvalue weighted by Crippen LogP contribution is 2.22. The number of aliphatic hydroxyl groups excluding tert-OH is 1. The van der Waals surface area contributed by atoms with Crippen molar-refractivity contribution in [1.29, 1.82) is 0 Å². The molecule has 0 bridgehead atoms. The molecule has 0 radical (unpaired) electrons. The third-order valence-corrected chi connectivity index (χ3v) is 4.56. The standard InChI is InChI=1S/C21H23ClN4O.HI/c1-2-23-21(26-14-20(27)17-8-3-5-9-18(17)22)25-13-15-11-12-24-19-10-6-4-7-16(15)19;/h3-12,20,27H,2,13-14H2,1H3,(H2,23,25,26);1H. The number of hydrogen-bond donors (Lipinski definition) is 3. The average Bonchev–Trinajstić information content (AvgIpc) is 2.70.